The minimum atomic E-state index is 0.417. The first-order chi connectivity index (χ1) is 11.3. The van der Waals surface area contributed by atoms with E-state index in [1.807, 2.05) is 7.11 Å². The second kappa shape index (κ2) is 5.73. The summed E-state index contributed by atoms with van der Waals surface area (Å²) in [4.78, 5) is 0. The fraction of sp³-hybridized carbons (Fsp3) is 1.00. The van der Waals surface area contributed by atoms with E-state index in [2.05, 4.69) is 27.7 Å². The Kier molecular flexibility index (Phi) is 4.15. The van der Waals surface area contributed by atoms with Gasteiger partial charge in [0.2, 0.25) is 0 Å². The van der Waals surface area contributed by atoms with Crippen molar-refractivity contribution >= 4 is 0 Å². The molecular weight excluding hydrogens is 292 g/mol. The highest BCUT2D eigenvalue weighted by Crippen LogP contribution is 2.70. The molecule has 24 heavy (non-hydrogen) atoms. The first-order valence-electron chi connectivity index (χ1n) is 10.8. The van der Waals surface area contributed by atoms with Crippen LogP contribution in [0.25, 0.3) is 0 Å². The molecule has 0 saturated heterocycles. The van der Waals surface area contributed by atoms with Crippen molar-refractivity contribution in [3.8, 4) is 0 Å². The van der Waals surface area contributed by atoms with Gasteiger partial charge in [-0.05, 0) is 91.3 Å². The maximum Gasteiger partial charge on any atom is 0.0579 e. The SMILES string of the molecule is CO[C@H]1C[C@H]2[C@@H]3CC[C@H]4CCCC[C@]4(C)[C@H]3CC[C@]2(C(C)(C)C)C1. The molecule has 4 rings (SSSR count). The van der Waals surface area contributed by atoms with Gasteiger partial charge in [0.15, 0.2) is 0 Å². The van der Waals surface area contributed by atoms with Crippen molar-refractivity contribution in [2.24, 2.45) is 39.9 Å². The normalized spacial score (nSPS) is 51.6. The standard InChI is InChI=1S/C23H40O/c1-21(2,3)23-13-11-19-18(20(23)14-17(15-23)24-5)10-9-16-8-6-7-12-22(16,19)4/h16-20H,6-15H2,1-5H3/t16-,17+,18-,19+,20+,22+,23+/m1/s1. The monoisotopic (exact) mass is 332 g/mol. The molecule has 4 fully saturated rings. The first-order valence-corrected chi connectivity index (χ1v) is 10.8. The average Bonchev–Trinajstić information content (AvgIpc) is 2.94. The Morgan fingerprint density at radius 2 is 1.71 bits per heavy atom. The molecule has 4 aliphatic carbocycles. The summed E-state index contributed by atoms with van der Waals surface area (Å²) < 4.78 is 5.93. The lowest BCUT2D eigenvalue weighted by atomic mass is 9.42. The molecule has 0 aromatic carbocycles. The number of ether oxygens (including phenoxy) is 1. The van der Waals surface area contributed by atoms with E-state index in [0.717, 1.165) is 23.7 Å². The van der Waals surface area contributed by atoms with Crippen LogP contribution in [-0.2, 0) is 4.74 Å². The van der Waals surface area contributed by atoms with Gasteiger partial charge in [-0.25, -0.2) is 0 Å². The van der Waals surface area contributed by atoms with Gasteiger partial charge in [-0.1, -0.05) is 40.5 Å². The van der Waals surface area contributed by atoms with Crippen LogP contribution in [0.4, 0.5) is 0 Å². The minimum Gasteiger partial charge on any atom is -0.381 e. The number of fused-ring (bicyclic) bond motifs is 5. The highest BCUT2D eigenvalue weighted by atomic mass is 16.5. The molecule has 0 aliphatic heterocycles. The Labute approximate surface area is 150 Å². The zero-order valence-electron chi connectivity index (χ0n) is 16.9. The van der Waals surface area contributed by atoms with Crippen LogP contribution < -0.4 is 0 Å². The van der Waals surface area contributed by atoms with Crippen LogP contribution in [0.15, 0.2) is 0 Å². The summed E-state index contributed by atoms with van der Waals surface area (Å²) in [5.41, 5.74) is 1.61. The van der Waals surface area contributed by atoms with Crippen LogP contribution in [0.5, 0.6) is 0 Å². The van der Waals surface area contributed by atoms with Gasteiger partial charge in [-0.15, -0.1) is 0 Å². The molecule has 0 N–H and O–H groups in total. The maximum atomic E-state index is 5.93. The van der Waals surface area contributed by atoms with Crippen molar-refractivity contribution < 1.29 is 4.74 Å². The molecule has 1 nitrogen and oxygen atoms in total. The van der Waals surface area contributed by atoms with Gasteiger partial charge in [0.25, 0.3) is 0 Å². The van der Waals surface area contributed by atoms with Crippen LogP contribution in [0.1, 0.15) is 91.9 Å². The Morgan fingerprint density at radius 1 is 0.917 bits per heavy atom. The molecule has 0 radical (unpaired) electrons. The fourth-order valence-corrected chi connectivity index (χ4v) is 8.35. The van der Waals surface area contributed by atoms with E-state index in [1.54, 1.807) is 0 Å². The first kappa shape index (κ1) is 17.4. The molecule has 0 unspecified atom stereocenters. The molecular formula is C23H40O. The third-order valence-corrected chi connectivity index (χ3v) is 9.73. The summed E-state index contributed by atoms with van der Waals surface area (Å²) in [6, 6.07) is 0. The molecule has 0 heterocycles. The van der Waals surface area contributed by atoms with Gasteiger partial charge in [0.1, 0.15) is 0 Å². The minimum absolute atomic E-state index is 0.417. The van der Waals surface area contributed by atoms with Crippen molar-refractivity contribution in [3.63, 3.8) is 0 Å². The van der Waals surface area contributed by atoms with Crippen LogP contribution in [0.2, 0.25) is 0 Å². The molecule has 4 saturated carbocycles. The summed E-state index contributed by atoms with van der Waals surface area (Å²) in [7, 11) is 1.95. The Bertz CT molecular complexity index is 477. The molecule has 7 atom stereocenters. The summed E-state index contributed by atoms with van der Waals surface area (Å²) >= 11 is 0. The molecule has 1 heteroatoms. The molecule has 4 aliphatic rings. The van der Waals surface area contributed by atoms with Crippen molar-refractivity contribution in [2.45, 2.75) is 98.0 Å². The van der Waals surface area contributed by atoms with Crippen molar-refractivity contribution in [2.75, 3.05) is 7.11 Å². The second-order valence-corrected chi connectivity index (χ2v) is 11.1. The molecule has 0 aromatic heterocycles. The van der Waals surface area contributed by atoms with E-state index in [4.69, 9.17) is 4.74 Å². The fourth-order valence-electron chi connectivity index (χ4n) is 8.35. The summed E-state index contributed by atoms with van der Waals surface area (Å²) in [5, 5.41) is 0. The number of rotatable bonds is 1. The summed E-state index contributed by atoms with van der Waals surface area (Å²) in [6.07, 6.45) is 15.2. The van der Waals surface area contributed by atoms with E-state index in [1.165, 1.54) is 64.2 Å². The van der Waals surface area contributed by atoms with Gasteiger partial charge in [-0.2, -0.15) is 0 Å². The van der Waals surface area contributed by atoms with E-state index >= 15 is 0 Å². The molecule has 138 valence electrons. The number of methoxy groups -OCH3 is 1. The Balaban J connectivity index is 1.68. The van der Waals surface area contributed by atoms with Crippen LogP contribution >= 0.6 is 0 Å². The quantitative estimate of drug-likeness (QED) is 0.535. The third kappa shape index (κ3) is 2.29. The smallest absolute Gasteiger partial charge is 0.0579 e. The van der Waals surface area contributed by atoms with E-state index in [0.29, 0.717) is 22.3 Å². The molecule has 0 spiro atoms. The Hall–Kier alpha value is -0.0400. The lowest BCUT2D eigenvalue weighted by Gasteiger charge is -2.62. The van der Waals surface area contributed by atoms with Gasteiger partial charge < -0.3 is 4.74 Å². The zero-order valence-corrected chi connectivity index (χ0v) is 16.9. The van der Waals surface area contributed by atoms with Crippen molar-refractivity contribution in [1.29, 1.82) is 0 Å². The molecule has 0 bridgehead atoms. The summed E-state index contributed by atoms with van der Waals surface area (Å²) in [6.45, 7) is 10.3. The van der Waals surface area contributed by atoms with E-state index in [9.17, 15) is 0 Å². The van der Waals surface area contributed by atoms with Gasteiger partial charge >= 0.3 is 0 Å². The predicted octanol–water partition coefficient (Wildman–Crippen LogP) is 6.46. The van der Waals surface area contributed by atoms with Gasteiger partial charge in [-0.3, -0.25) is 0 Å². The van der Waals surface area contributed by atoms with E-state index in [-0.39, 0.29) is 0 Å². The predicted molar refractivity (Wildman–Crippen MR) is 101 cm³/mol. The highest BCUT2D eigenvalue weighted by Gasteiger charge is 2.63. The number of hydrogen-bond acceptors (Lipinski definition) is 1. The Morgan fingerprint density at radius 3 is 2.42 bits per heavy atom. The van der Waals surface area contributed by atoms with Crippen LogP contribution in [-0.4, -0.2) is 13.2 Å². The van der Waals surface area contributed by atoms with Crippen molar-refractivity contribution in [3.05, 3.63) is 0 Å². The second-order valence-electron chi connectivity index (χ2n) is 11.1. The summed E-state index contributed by atoms with van der Waals surface area (Å²) in [5.74, 6) is 3.94. The molecule has 0 aromatic rings. The largest absolute Gasteiger partial charge is 0.381 e. The highest BCUT2D eigenvalue weighted by molar-refractivity contribution is 5.12. The number of hydrogen-bond donors (Lipinski definition) is 0. The van der Waals surface area contributed by atoms with Gasteiger partial charge in [0.05, 0.1) is 6.10 Å². The van der Waals surface area contributed by atoms with Crippen LogP contribution in [0, 0.1) is 39.9 Å². The maximum absolute atomic E-state index is 5.93. The van der Waals surface area contributed by atoms with Gasteiger partial charge in [0, 0.05) is 7.11 Å². The lowest BCUT2D eigenvalue weighted by Crippen LogP contribution is -2.55. The lowest BCUT2D eigenvalue weighted by molar-refractivity contribution is -0.135. The average molecular weight is 333 g/mol. The van der Waals surface area contributed by atoms with E-state index < -0.39 is 0 Å². The third-order valence-electron chi connectivity index (χ3n) is 9.73. The topological polar surface area (TPSA) is 9.23 Å². The molecule has 0 amide bonds. The zero-order chi connectivity index (χ0) is 17.2. The van der Waals surface area contributed by atoms with Crippen molar-refractivity contribution in [1.82, 2.24) is 0 Å². The van der Waals surface area contributed by atoms with Crippen LogP contribution in [0.3, 0.4) is 0 Å².